The molecule has 1 amide bonds. The molecule has 0 bridgehead atoms. The summed E-state index contributed by atoms with van der Waals surface area (Å²) < 4.78 is 39.4. The van der Waals surface area contributed by atoms with Gasteiger partial charge in [-0.1, -0.05) is 29.3 Å². The first-order chi connectivity index (χ1) is 12.9. The Bertz CT molecular complexity index is 809. The van der Waals surface area contributed by atoms with Crippen molar-refractivity contribution in [3.8, 4) is 0 Å². The predicted octanol–water partition coefficient (Wildman–Crippen LogP) is 3.89. The van der Waals surface area contributed by atoms with Crippen molar-refractivity contribution in [3.05, 3.63) is 33.8 Å². The maximum absolute atomic E-state index is 12.5. The third-order valence-electron chi connectivity index (χ3n) is 3.96. The lowest BCUT2D eigenvalue weighted by Gasteiger charge is -2.29. The number of halogens is 2. The molecule has 1 saturated heterocycles. The molecule has 0 N–H and O–H groups in total. The smallest absolute Gasteiger partial charge is 0.410 e. The third kappa shape index (κ3) is 7.08. The van der Waals surface area contributed by atoms with Gasteiger partial charge in [0.1, 0.15) is 5.60 Å². The molecule has 1 heterocycles. The van der Waals surface area contributed by atoms with Crippen LogP contribution in [0.5, 0.6) is 0 Å². The van der Waals surface area contributed by atoms with Crippen LogP contribution in [0.4, 0.5) is 4.79 Å². The van der Waals surface area contributed by atoms with Gasteiger partial charge in [0.05, 0.1) is 35.6 Å². The van der Waals surface area contributed by atoms with Gasteiger partial charge in [0.15, 0.2) is 0 Å². The summed E-state index contributed by atoms with van der Waals surface area (Å²) >= 11 is 12.1. The van der Waals surface area contributed by atoms with E-state index in [2.05, 4.69) is 0 Å². The number of hydrogen-bond acceptors (Lipinski definition) is 6. The highest BCUT2D eigenvalue weighted by molar-refractivity contribution is 7.85. The van der Waals surface area contributed by atoms with Crippen LogP contribution in [0, 0.1) is 5.92 Å². The largest absolute Gasteiger partial charge is 0.444 e. The van der Waals surface area contributed by atoms with Crippen molar-refractivity contribution in [2.24, 2.45) is 5.92 Å². The van der Waals surface area contributed by atoms with Crippen molar-refractivity contribution in [2.75, 3.05) is 32.6 Å². The number of carbonyl (C=O) groups excluding carboxylic acids is 1. The Morgan fingerprint density at radius 2 is 1.96 bits per heavy atom. The second kappa shape index (κ2) is 9.17. The molecule has 0 radical (unpaired) electrons. The standard InChI is InChI=1S/C18H25Cl2NO6S/c1-18(2,3)27-17(22)21-7-8-25-16(12-5-6-14(19)15(20)9-12)13(10-21)11-26-28(4,23)24/h5-6,9,13,16H,7-8,10-11H2,1-4H3/t13-,16-/m1/s1. The van der Waals surface area contributed by atoms with Crippen molar-refractivity contribution < 1.29 is 26.9 Å². The van der Waals surface area contributed by atoms with Crippen LogP contribution in [0.3, 0.4) is 0 Å². The molecule has 1 aromatic rings. The highest BCUT2D eigenvalue weighted by atomic mass is 35.5. The molecule has 2 rings (SSSR count). The molecule has 1 aliphatic rings. The van der Waals surface area contributed by atoms with E-state index in [1.165, 1.54) is 4.90 Å². The van der Waals surface area contributed by atoms with Crippen LogP contribution in [0.25, 0.3) is 0 Å². The zero-order chi connectivity index (χ0) is 21.1. The molecule has 1 aromatic carbocycles. The second-order valence-corrected chi connectivity index (χ2v) is 10.1. The van der Waals surface area contributed by atoms with Crippen molar-refractivity contribution in [3.63, 3.8) is 0 Å². The molecule has 1 aliphatic heterocycles. The summed E-state index contributed by atoms with van der Waals surface area (Å²) in [5, 5.41) is 0.761. The molecule has 7 nitrogen and oxygen atoms in total. The van der Waals surface area contributed by atoms with Gasteiger partial charge in [-0.05, 0) is 38.5 Å². The Hall–Kier alpha value is -1.06. The van der Waals surface area contributed by atoms with Crippen LogP contribution >= 0.6 is 23.2 Å². The number of amides is 1. The summed E-state index contributed by atoms with van der Waals surface area (Å²) in [6.45, 7) is 5.95. The Morgan fingerprint density at radius 1 is 1.29 bits per heavy atom. The highest BCUT2D eigenvalue weighted by Crippen LogP contribution is 2.34. The molecule has 10 heteroatoms. The summed E-state index contributed by atoms with van der Waals surface area (Å²) in [5.41, 5.74) is 0.0779. The van der Waals surface area contributed by atoms with Crippen molar-refractivity contribution in [1.29, 1.82) is 0 Å². The first-order valence-corrected chi connectivity index (χ1v) is 11.3. The minimum absolute atomic E-state index is 0.150. The molecule has 0 spiro atoms. The molecule has 0 saturated carbocycles. The van der Waals surface area contributed by atoms with Gasteiger partial charge < -0.3 is 14.4 Å². The number of nitrogens with zero attached hydrogens (tertiary/aromatic N) is 1. The van der Waals surface area contributed by atoms with Crippen LogP contribution in [0.1, 0.15) is 32.4 Å². The first kappa shape index (κ1) is 23.2. The second-order valence-electron chi connectivity index (χ2n) is 7.64. The lowest BCUT2D eigenvalue weighted by Crippen LogP contribution is -2.41. The summed E-state index contributed by atoms with van der Waals surface area (Å²) in [6.07, 6.45) is -0.0381. The fraction of sp³-hybridized carbons (Fsp3) is 0.611. The van der Waals surface area contributed by atoms with Gasteiger partial charge in [-0.15, -0.1) is 0 Å². The topological polar surface area (TPSA) is 82.1 Å². The highest BCUT2D eigenvalue weighted by Gasteiger charge is 2.34. The van der Waals surface area contributed by atoms with Gasteiger partial charge in [-0.2, -0.15) is 8.42 Å². The molecule has 158 valence electrons. The number of rotatable bonds is 4. The van der Waals surface area contributed by atoms with Gasteiger partial charge in [0.25, 0.3) is 10.1 Å². The molecular weight excluding hydrogens is 429 g/mol. The lowest BCUT2D eigenvalue weighted by molar-refractivity contribution is 0.0160. The number of benzene rings is 1. The average Bonchev–Trinajstić information content (AvgIpc) is 2.76. The molecule has 0 aromatic heterocycles. The van der Waals surface area contributed by atoms with Crippen molar-refractivity contribution >= 4 is 39.4 Å². The molecule has 0 aliphatic carbocycles. The SMILES string of the molecule is CC(C)(C)OC(=O)N1CCO[C@H](c2ccc(Cl)c(Cl)c2)[C@@H](COS(C)(=O)=O)C1. The van der Waals surface area contributed by atoms with Gasteiger partial charge in [-0.25, -0.2) is 4.79 Å². The van der Waals surface area contributed by atoms with Crippen molar-refractivity contribution in [1.82, 2.24) is 4.90 Å². The Morgan fingerprint density at radius 3 is 2.54 bits per heavy atom. The molecule has 2 atom stereocenters. The molecule has 1 fully saturated rings. The van der Waals surface area contributed by atoms with Crippen LogP contribution < -0.4 is 0 Å². The van der Waals surface area contributed by atoms with E-state index < -0.39 is 33.8 Å². The monoisotopic (exact) mass is 453 g/mol. The minimum Gasteiger partial charge on any atom is -0.444 e. The van der Waals surface area contributed by atoms with E-state index in [4.69, 9.17) is 36.9 Å². The van der Waals surface area contributed by atoms with Crippen LogP contribution in [-0.2, 0) is 23.8 Å². The quantitative estimate of drug-likeness (QED) is 0.642. The first-order valence-electron chi connectivity index (χ1n) is 8.74. The Kier molecular flexibility index (Phi) is 7.61. The maximum atomic E-state index is 12.5. The fourth-order valence-corrected chi connectivity index (χ4v) is 3.53. The van der Waals surface area contributed by atoms with E-state index in [-0.39, 0.29) is 19.8 Å². The third-order valence-corrected chi connectivity index (χ3v) is 5.27. The molecular formula is C18H25Cl2NO6S. The van der Waals surface area contributed by atoms with E-state index in [1.807, 2.05) is 0 Å². The Balaban J connectivity index is 2.27. The van der Waals surface area contributed by atoms with E-state index >= 15 is 0 Å². The summed E-state index contributed by atoms with van der Waals surface area (Å²) in [6, 6.07) is 5.08. The average molecular weight is 454 g/mol. The van der Waals surface area contributed by atoms with Gasteiger partial charge >= 0.3 is 6.09 Å². The lowest BCUT2D eigenvalue weighted by atomic mass is 9.96. The van der Waals surface area contributed by atoms with Crippen LogP contribution in [0.15, 0.2) is 18.2 Å². The van der Waals surface area contributed by atoms with E-state index in [0.717, 1.165) is 11.8 Å². The van der Waals surface area contributed by atoms with Gasteiger partial charge in [0, 0.05) is 19.0 Å². The van der Waals surface area contributed by atoms with Crippen LogP contribution in [0.2, 0.25) is 10.0 Å². The normalized spacial score (nSPS) is 21.3. The summed E-state index contributed by atoms with van der Waals surface area (Å²) in [4.78, 5) is 14.0. The van der Waals surface area contributed by atoms with Crippen LogP contribution in [-0.4, -0.2) is 57.6 Å². The zero-order valence-corrected chi connectivity index (χ0v) is 18.6. The van der Waals surface area contributed by atoms with E-state index in [0.29, 0.717) is 16.6 Å². The van der Waals surface area contributed by atoms with Crippen molar-refractivity contribution in [2.45, 2.75) is 32.5 Å². The summed E-state index contributed by atoms with van der Waals surface area (Å²) in [5.74, 6) is -0.456. The number of ether oxygens (including phenoxy) is 2. The van der Waals surface area contributed by atoms with E-state index in [1.54, 1.807) is 39.0 Å². The summed E-state index contributed by atoms with van der Waals surface area (Å²) in [7, 11) is -3.66. The zero-order valence-electron chi connectivity index (χ0n) is 16.3. The number of hydrogen-bond donors (Lipinski definition) is 0. The van der Waals surface area contributed by atoms with E-state index in [9.17, 15) is 13.2 Å². The van der Waals surface area contributed by atoms with Gasteiger partial charge in [0.2, 0.25) is 0 Å². The predicted molar refractivity (Wildman–Crippen MR) is 107 cm³/mol. The van der Waals surface area contributed by atoms with Gasteiger partial charge in [-0.3, -0.25) is 4.18 Å². The Labute approximate surface area is 176 Å². The molecule has 28 heavy (non-hydrogen) atoms. The maximum Gasteiger partial charge on any atom is 0.410 e. The minimum atomic E-state index is -3.66. The number of carbonyl (C=O) groups is 1. The fourth-order valence-electron chi connectivity index (χ4n) is 2.80. The molecule has 0 unspecified atom stereocenters.